The maximum absolute atomic E-state index is 5.03. The lowest BCUT2D eigenvalue weighted by atomic mass is 10.3. The van der Waals surface area contributed by atoms with Crippen molar-refractivity contribution >= 4 is 5.95 Å². The quantitative estimate of drug-likeness (QED) is 0.755. The lowest BCUT2D eigenvalue weighted by molar-refractivity contribution is 0.0208. The number of nitrogens with zero attached hydrogens (tertiary/aromatic N) is 2. The summed E-state index contributed by atoms with van der Waals surface area (Å²) >= 11 is 0. The van der Waals surface area contributed by atoms with Gasteiger partial charge in [0, 0.05) is 25.1 Å². The second kappa shape index (κ2) is 4.34. The van der Waals surface area contributed by atoms with E-state index in [1.165, 1.54) is 0 Å². The number of ether oxygens (including phenoxy) is 2. The van der Waals surface area contributed by atoms with E-state index in [9.17, 15) is 0 Å². The smallest absolute Gasteiger partial charge is 0.222 e. The van der Waals surface area contributed by atoms with Crippen molar-refractivity contribution in [1.29, 1.82) is 0 Å². The highest BCUT2D eigenvalue weighted by Gasteiger charge is 2.18. The van der Waals surface area contributed by atoms with Gasteiger partial charge in [-0.3, -0.25) is 0 Å². The summed E-state index contributed by atoms with van der Waals surface area (Å²) in [6.45, 7) is 2.03. The van der Waals surface area contributed by atoms with E-state index in [0.29, 0.717) is 18.6 Å². The molecule has 0 bridgehead atoms. The lowest BCUT2D eigenvalue weighted by Crippen LogP contribution is -2.40. The SMILES string of the molecule is COCc1cnc(NC2COC2)nc1. The molecule has 0 amide bonds. The Labute approximate surface area is 82.5 Å². The monoisotopic (exact) mass is 195 g/mol. The lowest BCUT2D eigenvalue weighted by Gasteiger charge is -2.26. The normalized spacial score (nSPS) is 16.4. The Morgan fingerprint density at radius 2 is 2.21 bits per heavy atom. The molecular formula is C9H13N3O2. The van der Waals surface area contributed by atoms with Crippen molar-refractivity contribution in [2.75, 3.05) is 25.6 Å². The summed E-state index contributed by atoms with van der Waals surface area (Å²) in [5, 5.41) is 3.16. The van der Waals surface area contributed by atoms with Gasteiger partial charge in [-0.25, -0.2) is 9.97 Å². The fourth-order valence-corrected chi connectivity index (χ4v) is 1.17. The Kier molecular flexibility index (Phi) is 2.90. The molecule has 0 radical (unpaired) electrons. The first-order chi connectivity index (χ1) is 6.88. The van der Waals surface area contributed by atoms with E-state index < -0.39 is 0 Å². The summed E-state index contributed by atoms with van der Waals surface area (Å²) in [4.78, 5) is 8.32. The van der Waals surface area contributed by atoms with Gasteiger partial charge in [-0.15, -0.1) is 0 Å². The molecule has 5 nitrogen and oxygen atoms in total. The summed E-state index contributed by atoms with van der Waals surface area (Å²) in [6.07, 6.45) is 3.52. The van der Waals surface area contributed by atoms with Crippen molar-refractivity contribution in [3.8, 4) is 0 Å². The van der Waals surface area contributed by atoms with Crippen molar-refractivity contribution < 1.29 is 9.47 Å². The van der Waals surface area contributed by atoms with E-state index in [0.717, 1.165) is 18.8 Å². The van der Waals surface area contributed by atoms with Crippen LogP contribution < -0.4 is 5.32 Å². The van der Waals surface area contributed by atoms with Gasteiger partial charge in [0.25, 0.3) is 0 Å². The minimum absolute atomic E-state index is 0.364. The Hall–Kier alpha value is -1.20. The van der Waals surface area contributed by atoms with Gasteiger partial charge in [-0.2, -0.15) is 0 Å². The number of hydrogen-bond acceptors (Lipinski definition) is 5. The average molecular weight is 195 g/mol. The van der Waals surface area contributed by atoms with Crippen molar-refractivity contribution in [1.82, 2.24) is 9.97 Å². The molecule has 14 heavy (non-hydrogen) atoms. The van der Waals surface area contributed by atoms with Gasteiger partial charge in [0.1, 0.15) is 0 Å². The Morgan fingerprint density at radius 1 is 1.50 bits per heavy atom. The molecule has 0 atom stereocenters. The summed E-state index contributed by atoms with van der Waals surface area (Å²) in [6, 6.07) is 0.364. The predicted octanol–water partition coefficient (Wildman–Crippen LogP) is 0.434. The molecule has 1 N–H and O–H groups in total. The summed E-state index contributed by atoms with van der Waals surface area (Å²) < 4.78 is 9.99. The predicted molar refractivity (Wildman–Crippen MR) is 51.0 cm³/mol. The van der Waals surface area contributed by atoms with Crippen molar-refractivity contribution in [3.63, 3.8) is 0 Å². The molecule has 0 aromatic carbocycles. The number of rotatable bonds is 4. The number of methoxy groups -OCH3 is 1. The van der Waals surface area contributed by atoms with Crippen LogP contribution in [0.25, 0.3) is 0 Å². The molecule has 1 aliphatic heterocycles. The van der Waals surface area contributed by atoms with Gasteiger partial charge in [-0.05, 0) is 0 Å². The molecule has 1 saturated heterocycles. The molecule has 76 valence electrons. The highest BCUT2D eigenvalue weighted by atomic mass is 16.5. The van der Waals surface area contributed by atoms with Crippen LogP contribution in [-0.2, 0) is 16.1 Å². The fourth-order valence-electron chi connectivity index (χ4n) is 1.17. The number of aromatic nitrogens is 2. The third kappa shape index (κ3) is 2.18. The van der Waals surface area contributed by atoms with Crippen LogP contribution in [0.5, 0.6) is 0 Å². The van der Waals surface area contributed by atoms with E-state index in [1.807, 2.05) is 0 Å². The third-order valence-electron chi connectivity index (χ3n) is 1.99. The van der Waals surface area contributed by atoms with Gasteiger partial charge >= 0.3 is 0 Å². The maximum Gasteiger partial charge on any atom is 0.222 e. The van der Waals surface area contributed by atoms with Crippen LogP contribution in [-0.4, -0.2) is 36.3 Å². The Balaban J connectivity index is 1.91. The molecule has 0 spiro atoms. The molecule has 1 aromatic heterocycles. The topological polar surface area (TPSA) is 56.3 Å². The Morgan fingerprint density at radius 3 is 2.71 bits per heavy atom. The zero-order chi connectivity index (χ0) is 9.80. The number of hydrogen-bond donors (Lipinski definition) is 1. The van der Waals surface area contributed by atoms with Gasteiger partial charge < -0.3 is 14.8 Å². The second-order valence-corrected chi connectivity index (χ2v) is 3.23. The first-order valence-electron chi connectivity index (χ1n) is 4.52. The van der Waals surface area contributed by atoms with Crippen molar-refractivity contribution in [3.05, 3.63) is 18.0 Å². The van der Waals surface area contributed by atoms with E-state index in [-0.39, 0.29) is 0 Å². The van der Waals surface area contributed by atoms with E-state index >= 15 is 0 Å². The molecule has 2 rings (SSSR count). The molecule has 5 heteroatoms. The second-order valence-electron chi connectivity index (χ2n) is 3.23. The first-order valence-corrected chi connectivity index (χ1v) is 4.52. The molecule has 0 unspecified atom stereocenters. The molecule has 0 aliphatic carbocycles. The molecule has 1 fully saturated rings. The van der Waals surface area contributed by atoms with E-state index in [1.54, 1.807) is 19.5 Å². The largest absolute Gasteiger partial charge is 0.380 e. The highest BCUT2D eigenvalue weighted by Crippen LogP contribution is 2.07. The third-order valence-corrected chi connectivity index (χ3v) is 1.99. The summed E-state index contributed by atoms with van der Waals surface area (Å²) in [5.41, 5.74) is 0.975. The van der Waals surface area contributed by atoms with Crippen LogP contribution >= 0.6 is 0 Å². The van der Waals surface area contributed by atoms with Crippen molar-refractivity contribution in [2.45, 2.75) is 12.6 Å². The van der Waals surface area contributed by atoms with Crippen LogP contribution in [0.3, 0.4) is 0 Å². The van der Waals surface area contributed by atoms with E-state index in [4.69, 9.17) is 9.47 Å². The minimum atomic E-state index is 0.364. The maximum atomic E-state index is 5.03. The van der Waals surface area contributed by atoms with Gasteiger partial charge in [0.2, 0.25) is 5.95 Å². The van der Waals surface area contributed by atoms with Crippen LogP contribution in [0, 0.1) is 0 Å². The zero-order valence-corrected chi connectivity index (χ0v) is 8.06. The summed E-state index contributed by atoms with van der Waals surface area (Å²) in [5.74, 6) is 0.651. The fraction of sp³-hybridized carbons (Fsp3) is 0.556. The molecule has 2 heterocycles. The minimum Gasteiger partial charge on any atom is -0.380 e. The highest BCUT2D eigenvalue weighted by molar-refractivity contribution is 5.26. The molecule has 0 saturated carbocycles. The standard InChI is InChI=1S/C9H13N3O2/c1-13-4-7-2-10-9(11-3-7)12-8-5-14-6-8/h2-3,8H,4-6H2,1H3,(H,10,11,12). The molecule has 1 aromatic rings. The van der Waals surface area contributed by atoms with Crippen LogP contribution in [0.4, 0.5) is 5.95 Å². The van der Waals surface area contributed by atoms with E-state index in [2.05, 4.69) is 15.3 Å². The van der Waals surface area contributed by atoms with Crippen LogP contribution in [0.1, 0.15) is 5.56 Å². The van der Waals surface area contributed by atoms with Crippen molar-refractivity contribution in [2.24, 2.45) is 0 Å². The molecular weight excluding hydrogens is 182 g/mol. The van der Waals surface area contributed by atoms with Gasteiger partial charge in [-0.1, -0.05) is 0 Å². The van der Waals surface area contributed by atoms with Crippen LogP contribution in [0.15, 0.2) is 12.4 Å². The average Bonchev–Trinajstić information content (AvgIpc) is 2.14. The summed E-state index contributed by atoms with van der Waals surface area (Å²) in [7, 11) is 1.65. The molecule has 1 aliphatic rings. The Bertz CT molecular complexity index is 285. The number of anilines is 1. The number of nitrogens with one attached hydrogen (secondary N) is 1. The zero-order valence-electron chi connectivity index (χ0n) is 8.06. The van der Waals surface area contributed by atoms with Gasteiger partial charge in [0.05, 0.1) is 25.9 Å². The first kappa shape index (κ1) is 9.36. The van der Waals surface area contributed by atoms with Gasteiger partial charge in [0.15, 0.2) is 0 Å². The van der Waals surface area contributed by atoms with Crippen LogP contribution in [0.2, 0.25) is 0 Å².